The number of aliphatic hydroxyl groups excluding tert-OH is 1. The van der Waals surface area contributed by atoms with Crippen LogP contribution >= 0.6 is 12.4 Å². The molecule has 0 aromatic carbocycles. The molecule has 0 unspecified atom stereocenters. The molecular formula is C12H25ClN2O6. The molecule has 0 aliphatic heterocycles. The van der Waals surface area contributed by atoms with E-state index >= 15 is 0 Å². The second-order valence-electron chi connectivity index (χ2n) is 5.40. The molecular weight excluding hydrogens is 304 g/mol. The fraction of sp³-hybridized carbons (Fsp3) is 0.750. The number of quaternary nitrogens is 1. The molecule has 0 aromatic heterocycles. The zero-order valence-corrected chi connectivity index (χ0v) is 13.8. The Bertz CT molecular complexity index is 341. The molecule has 0 spiro atoms. The minimum Gasteiger partial charge on any atom is -0.550 e. The van der Waals surface area contributed by atoms with E-state index in [0.717, 1.165) is 6.92 Å². The van der Waals surface area contributed by atoms with Gasteiger partial charge in [-0.2, -0.15) is 0 Å². The van der Waals surface area contributed by atoms with Gasteiger partial charge < -0.3 is 30.0 Å². The Morgan fingerprint density at radius 1 is 1.29 bits per heavy atom. The standard InChI is InChI=1S/C7H15NO3.C5H9NO3.ClH/c1-8(2,3)5-6(9)4-7(10)11;1-3(6)5(8)9-4(2)7;/h6,9H,4-5H2,1-3H3;3H,6H2,1-2H3;1H/t6-;3-;/m10./s1. The van der Waals surface area contributed by atoms with Crippen LogP contribution < -0.4 is 10.8 Å². The number of rotatable bonds is 5. The normalized spacial score (nSPS) is 12.9. The molecule has 0 bridgehead atoms. The van der Waals surface area contributed by atoms with E-state index in [0.29, 0.717) is 11.0 Å². The molecule has 21 heavy (non-hydrogen) atoms. The highest BCUT2D eigenvalue weighted by atomic mass is 35.5. The number of hydrogen-bond acceptors (Lipinski definition) is 7. The summed E-state index contributed by atoms with van der Waals surface area (Å²) in [5.74, 6) is -2.52. The van der Waals surface area contributed by atoms with Gasteiger partial charge in [0.15, 0.2) is 0 Å². The number of carbonyl (C=O) groups is 3. The van der Waals surface area contributed by atoms with Crippen LogP contribution in [-0.2, 0) is 19.1 Å². The first-order chi connectivity index (χ1) is 8.85. The number of ether oxygens (including phenoxy) is 1. The quantitative estimate of drug-likeness (QED) is 0.340. The van der Waals surface area contributed by atoms with Crippen molar-refractivity contribution in [2.75, 3.05) is 27.7 Å². The molecule has 0 amide bonds. The highest BCUT2D eigenvalue weighted by Crippen LogP contribution is 1.97. The summed E-state index contributed by atoms with van der Waals surface area (Å²) < 4.78 is 4.66. The number of carboxylic acid groups (broad SMARTS) is 1. The monoisotopic (exact) mass is 328 g/mol. The van der Waals surface area contributed by atoms with Crippen molar-refractivity contribution in [3.63, 3.8) is 0 Å². The Kier molecular flexibility index (Phi) is 13.5. The van der Waals surface area contributed by atoms with Gasteiger partial charge in [0.1, 0.15) is 18.7 Å². The van der Waals surface area contributed by atoms with E-state index in [2.05, 4.69) is 4.74 Å². The summed E-state index contributed by atoms with van der Waals surface area (Å²) in [4.78, 5) is 30.5. The summed E-state index contributed by atoms with van der Waals surface area (Å²) in [6.07, 6.45) is -1.09. The molecule has 8 nitrogen and oxygen atoms in total. The van der Waals surface area contributed by atoms with Crippen LogP contribution in [0.25, 0.3) is 0 Å². The Balaban J connectivity index is -0.000000300. The zero-order valence-electron chi connectivity index (χ0n) is 13.0. The van der Waals surface area contributed by atoms with E-state index in [9.17, 15) is 19.5 Å². The highest BCUT2D eigenvalue weighted by molar-refractivity contribution is 5.86. The molecule has 3 N–H and O–H groups in total. The fourth-order valence-corrected chi connectivity index (χ4v) is 1.12. The molecule has 0 aliphatic carbocycles. The summed E-state index contributed by atoms with van der Waals surface area (Å²) in [6.45, 7) is 3.03. The van der Waals surface area contributed by atoms with Gasteiger partial charge in [0, 0.05) is 19.3 Å². The molecule has 0 fully saturated rings. The lowest BCUT2D eigenvalue weighted by Crippen LogP contribution is -2.43. The average molecular weight is 329 g/mol. The Morgan fingerprint density at radius 3 is 1.90 bits per heavy atom. The van der Waals surface area contributed by atoms with Crippen LogP contribution in [-0.4, -0.2) is 67.3 Å². The van der Waals surface area contributed by atoms with Gasteiger partial charge in [-0.1, -0.05) is 0 Å². The first kappa shape index (κ1) is 24.8. The zero-order chi connectivity index (χ0) is 16.5. The van der Waals surface area contributed by atoms with E-state index in [1.165, 1.54) is 6.92 Å². The maximum absolute atomic E-state index is 10.4. The third-order valence-electron chi connectivity index (χ3n) is 1.78. The molecule has 126 valence electrons. The van der Waals surface area contributed by atoms with Crippen molar-refractivity contribution >= 4 is 30.3 Å². The number of esters is 2. The number of hydrogen-bond donors (Lipinski definition) is 2. The largest absolute Gasteiger partial charge is 0.550 e. The summed E-state index contributed by atoms with van der Waals surface area (Å²) in [5.41, 5.74) is 5.06. The average Bonchev–Trinajstić information content (AvgIpc) is 2.12. The van der Waals surface area contributed by atoms with Crippen molar-refractivity contribution in [1.82, 2.24) is 0 Å². The number of carbonyl (C=O) groups excluding carboxylic acids is 3. The van der Waals surface area contributed by atoms with Crippen LogP contribution in [0.15, 0.2) is 0 Å². The first-order valence-electron chi connectivity index (χ1n) is 6.01. The van der Waals surface area contributed by atoms with Gasteiger partial charge in [-0.15, -0.1) is 12.4 Å². The lowest BCUT2D eigenvalue weighted by molar-refractivity contribution is -0.873. The lowest BCUT2D eigenvalue weighted by Gasteiger charge is -2.26. The Morgan fingerprint density at radius 2 is 1.71 bits per heavy atom. The van der Waals surface area contributed by atoms with Gasteiger partial charge in [0.2, 0.25) is 0 Å². The summed E-state index contributed by atoms with van der Waals surface area (Å²) >= 11 is 0. The molecule has 0 radical (unpaired) electrons. The molecule has 0 aliphatic rings. The minimum absolute atomic E-state index is 0. The van der Waals surface area contributed by atoms with Gasteiger partial charge in [-0.05, 0) is 6.92 Å². The summed E-state index contributed by atoms with van der Waals surface area (Å²) in [6, 6.07) is -0.728. The second kappa shape index (κ2) is 11.4. The molecule has 2 atom stereocenters. The van der Waals surface area contributed by atoms with Crippen LogP contribution in [0.5, 0.6) is 0 Å². The van der Waals surface area contributed by atoms with Crippen molar-refractivity contribution in [2.24, 2.45) is 5.73 Å². The van der Waals surface area contributed by atoms with Crippen LogP contribution in [0.2, 0.25) is 0 Å². The van der Waals surface area contributed by atoms with Gasteiger partial charge in [0.25, 0.3) is 0 Å². The fourth-order valence-electron chi connectivity index (χ4n) is 1.12. The Labute approximate surface area is 130 Å². The van der Waals surface area contributed by atoms with Gasteiger partial charge in [-0.3, -0.25) is 4.79 Å². The number of aliphatic carboxylic acids is 1. The maximum Gasteiger partial charge on any atom is 0.330 e. The van der Waals surface area contributed by atoms with E-state index < -0.39 is 30.1 Å². The molecule has 9 heteroatoms. The van der Waals surface area contributed by atoms with Crippen molar-refractivity contribution in [3.8, 4) is 0 Å². The predicted molar refractivity (Wildman–Crippen MR) is 76.2 cm³/mol. The number of carboxylic acids is 1. The number of halogens is 1. The lowest BCUT2D eigenvalue weighted by atomic mass is 10.2. The van der Waals surface area contributed by atoms with Crippen LogP contribution in [0.1, 0.15) is 20.3 Å². The van der Waals surface area contributed by atoms with E-state index in [4.69, 9.17) is 10.8 Å². The minimum atomic E-state index is -1.20. The third-order valence-corrected chi connectivity index (χ3v) is 1.78. The van der Waals surface area contributed by atoms with E-state index in [1.54, 1.807) is 0 Å². The van der Waals surface area contributed by atoms with Crippen LogP contribution in [0.4, 0.5) is 0 Å². The molecule has 0 rings (SSSR count). The number of nitrogens with zero attached hydrogens (tertiary/aromatic N) is 1. The van der Waals surface area contributed by atoms with E-state index in [-0.39, 0.29) is 18.8 Å². The van der Waals surface area contributed by atoms with E-state index in [1.807, 2.05) is 21.1 Å². The highest BCUT2D eigenvalue weighted by Gasteiger charge is 2.14. The maximum atomic E-state index is 10.4. The third kappa shape index (κ3) is 21.2. The summed E-state index contributed by atoms with van der Waals surface area (Å²) in [5, 5.41) is 19.1. The number of likely N-dealkylation sites (N-methyl/N-ethyl adjacent to an activating group) is 1. The Hall–Kier alpha value is -1.22. The smallest absolute Gasteiger partial charge is 0.330 e. The summed E-state index contributed by atoms with van der Waals surface area (Å²) in [7, 11) is 5.66. The topological polar surface area (TPSA) is 130 Å². The van der Waals surface area contributed by atoms with Gasteiger partial charge in [0.05, 0.1) is 21.1 Å². The first-order valence-corrected chi connectivity index (χ1v) is 6.01. The van der Waals surface area contributed by atoms with Crippen molar-refractivity contribution in [3.05, 3.63) is 0 Å². The second-order valence-corrected chi connectivity index (χ2v) is 5.40. The van der Waals surface area contributed by atoms with Gasteiger partial charge in [-0.25, -0.2) is 4.79 Å². The molecule has 0 aromatic rings. The van der Waals surface area contributed by atoms with Crippen molar-refractivity contribution in [2.45, 2.75) is 32.4 Å². The van der Waals surface area contributed by atoms with Gasteiger partial charge >= 0.3 is 11.9 Å². The van der Waals surface area contributed by atoms with Crippen molar-refractivity contribution in [1.29, 1.82) is 0 Å². The van der Waals surface area contributed by atoms with Crippen molar-refractivity contribution < 1.29 is 33.8 Å². The SMILES string of the molecule is CC(=O)OC(=O)[C@H](C)N.C[N+](C)(C)C[C@H](O)CC(=O)[O-].Cl. The number of aliphatic hydroxyl groups is 1. The molecule has 0 saturated heterocycles. The van der Waals surface area contributed by atoms with Crippen LogP contribution in [0, 0.1) is 0 Å². The van der Waals surface area contributed by atoms with Crippen LogP contribution in [0.3, 0.4) is 0 Å². The number of nitrogens with two attached hydrogens (primary N) is 1. The molecule has 0 heterocycles. The molecule has 0 saturated carbocycles. The predicted octanol–water partition coefficient (Wildman–Crippen LogP) is -1.96.